The molecule has 2 rings (SSSR count). The highest BCUT2D eigenvalue weighted by Crippen LogP contribution is 2.19. The SMILES string of the molecule is O=c1cc(Oc2cccc(F)c2)cn[nH]1. The Morgan fingerprint density at radius 2 is 2.13 bits per heavy atom. The summed E-state index contributed by atoms with van der Waals surface area (Å²) in [6.45, 7) is 0. The van der Waals surface area contributed by atoms with Crippen LogP contribution in [-0.4, -0.2) is 10.2 Å². The first-order valence-corrected chi connectivity index (χ1v) is 4.22. The molecule has 0 radical (unpaired) electrons. The Morgan fingerprint density at radius 1 is 1.27 bits per heavy atom. The lowest BCUT2D eigenvalue weighted by molar-refractivity contribution is 0.472. The highest BCUT2D eigenvalue weighted by atomic mass is 19.1. The van der Waals surface area contributed by atoms with E-state index in [-0.39, 0.29) is 11.3 Å². The molecule has 15 heavy (non-hydrogen) atoms. The van der Waals surface area contributed by atoms with Crippen LogP contribution in [0.2, 0.25) is 0 Å². The van der Waals surface area contributed by atoms with Crippen molar-refractivity contribution >= 4 is 0 Å². The second-order valence-electron chi connectivity index (χ2n) is 2.84. The lowest BCUT2D eigenvalue weighted by Gasteiger charge is -2.03. The molecule has 5 heteroatoms. The van der Waals surface area contributed by atoms with Crippen LogP contribution in [0.15, 0.2) is 41.3 Å². The third-order valence-electron chi connectivity index (χ3n) is 1.67. The van der Waals surface area contributed by atoms with Gasteiger partial charge in [-0.15, -0.1) is 0 Å². The van der Waals surface area contributed by atoms with Gasteiger partial charge >= 0.3 is 0 Å². The lowest BCUT2D eigenvalue weighted by atomic mass is 10.3. The van der Waals surface area contributed by atoms with Gasteiger partial charge in [-0.1, -0.05) is 6.07 Å². The standard InChI is InChI=1S/C10H7FN2O2/c11-7-2-1-3-8(4-7)15-9-5-10(14)13-12-6-9/h1-6H,(H,13,14). The lowest BCUT2D eigenvalue weighted by Crippen LogP contribution is -2.05. The van der Waals surface area contributed by atoms with E-state index in [1.165, 1.54) is 30.5 Å². The van der Waals surface area contributed by atoms with E-state index in [1.54, 1.807) is 6.07 Å². The smallest absolute Gasteiger partial charge is 0.267 e. The van der Waals surface area contributed by atoms with E-state index in [0.29, 0.717) is 5.75 Å². The van der Waals surface area contributed by atoms with Crippen molar-refractivity contribution in [3.8, 4) is 11.5 Å². The number of rotatable bonds is 2. The normalized spacial score (nSPS) is 9.93. The van der Waals surface area contributed by atoms with Gasteiger partial charge in [0.1, 0.15) is 11.6 Å². The molecule has 2 aromatic rings. The number of benzene rings is 1. The summed E-state index contributed by atoms with van der Waals surface area (Å²) in [6, 6.07) is 6.87. The zero-order chi connectivity index (χ0) is 10.7. The Hall–Kier alpha value is -2.17. The molecule has 1 aromatic heterocycles. The summed E-state index contributed by atoms with van der Waals surface area (Å²) >= 11 is 0. The van der Waals surface area contributed by atoms with Gasteiger partial charge in [0, 0.05) is 12.1 Å². The molecule has 0 bridgehead atoms. The number of aromatic amines is 1. The molecule has 0 atom stereocenters. The Morgan fingerprint density at radius 3 is 2.87 bits per heavy atom. The van der Waals surface area contributed by atoms with E-state index in [1.807, 2.05) is 0 Å². The molecule has 1 N–H and O–H groups in total. The minimum absolute atomic E-state index is 0.268. The summed E-state index contributed by atoms with van der Waals surface area (Å²) in [5, 5.41) is 5.76. The van der Waals surface area contributed by atoms with Crippen molar-refractivity contribution in [2.45, 2.75) is 0 Å². The van der Waals surface area contributed by atoms with Crippen LogP contribution in [0, 0.1) is 5.82 Å². The van der Waals surface area contributed by atoms with E-state index >= 15 is 0 Å². The Bertz CT molecular complexity index is 525. The molecular formula is C10H7FN2O2. The number of hydrogen-bond acceptors (Lipinski definition) is 3. The van der Waals surface area contributed by atoms with E-state index in [0.717, 1.165) is 0 Å². The number of halogens is 1. The molecule has 4 nitrogen and oxygen atoms in total. The van der Waals surface area contributed by atoms with Crippen molar-refractivity contribution in [3.63, 3.8) is 0 Å². The molecule has 76 valence electrons. The van der Waals surface area contributed by atoms with Gasteiger partial charge < -0.3 is 4.74 Å². The average molecular weight is 206 g/mol. The molecule has 0 amide bonds. The monoisotopic (exact) mass is 206 g/mol. The molecular weight excluding hydrogens is 199 g/mol. The summed E-state index contributed by atoms with van der Waals surface area (Å²) in [4.78, 5) is 10.9. The molecule has 0 saturated heterocycles. The number of ether oxygens (including phenoxy) is 1. The van der Waals surface area contributed by atoms with Crippen molar-refractivity contribution in [2.75, 3.05) is 0 Å². The van der Waals surface area contributed by atoms with Gasteiger partial charge in [-0.05, 0) is 12.1 Å². The average Bonchev–Trinajstić information content (AvgIpc) is 2.17. The van der Waals surface area contributed by atoms with Crippen LogP contribution < -0.4 is 10.3 Å². The van der Waals surface area contributed by atoms with Crippen LogP contribution in [0.1, 0.15) is 0 Å². The van der Waals surface area contributed by atoms with Crippen LogP contribution in [0.5, 0.6) is 11.5 Å². The molecule has 0 spiro atoms. The van der Waals surface area contributed by atoms with Gasteiger partial charge in [0.05, 0.1) is 6.20 Å². The maximum atomic E-state index is 12.8. The van der Waals surface area contributed by atoms with Gasteiger partial charge in [0.2, 0.25) is 0 Å². The minimum Gasteiger partial charge on any atom is -0.455 e. The molecule has 0 aliphatic carbocycles. The van der Waals surface area contributed by atoms with Gasteiger partial charge in [-0.25, -0.2) is 9.49 Å². The predicted octanol–water partition coefficient (Wildman–Crippen LogP) is 1.70. The largest absolute Gasteiger partial charge is 0.455 e. The summed E-state index contributed by atoms with van der Waals surface area (Å²) in [5.41, 5.74) is -0.371. The second kappa shape index (κ2) is 3.91. The van der Waals surface area contributed by atoms with Crippen molar-refractivity contribution in [2.24, 2.45) is 0 Å². The molecule has 0 unspecified atom stereocenters. The highest BCUT2D eigenvalue weighted by molar-refractivity contribution is 5.28. The number of aromatic nitrogens is 2. The number of H-pyrrole nitrogens is 1. The fourth-order valence-corrected chi connectivity index (χ4v) is 1.08. The van der Waals surface area contributed by atoms with E-state index in [9.17, 15) is 9.18 Å². The molecule has 0 aliphatic heterocycles. The fraction of sp³-hybridized carbons (Fsp3) is 0. The first kappa shape index (κ1) is 9.39. The number of hydrogen-bond donors (Lipinski definition) is 1. The Labute approximate surface area is 84.3 Å². The van der Waals surface area contributed by atoms with E-state index in [2.05, 4.69) is 10.2 Å². The predicted molar refractivity (Wildman–Crippen MR) is 51.3 cm³/mol. The third-order valence-corrected chi connectivity index (χ3v) is 1.67. The van der Waals surface area contributed by atoms with Crippen molar-refractivity contribution in [1.82, 2.24) is 10.2 Å². The van der Waals surface area contributed by atoms with Gasteiger partial charge in [0.15, 0.2) is 5.75 Å². The molecule has 0 fully saturated rings. The minimum atomic E-state index is -0.398. The van der Waals surface area contributed by atoms with Crippen molar-refractivity contribution in [1.29, 1.82) is 0 Å². The summed E-state index contributed by atoms with van der Waals surface area (Å²) in [7, 11) is 0. The zero-order valence-corrected chi connectivity index (χ0v) is 7.61. The van der Waals surface area contributed by atoms with Crippen molar-refractivity contribution in [3.05, 3.63) is 52.7 Å². The van der Waals surface area contributed by atoms with Crippen LogP contribution in [0.25, 0.3) is 0 Å². The Kier molecular flexibility index (Phi) is 2.45. The van der Waals surface area contributed by atoms with E-state index in [4.69, 9.17) is 4.74 Å². The highest BCUT2D eigenvalue weighted by Gasteiger charge is 1.99. The summed E-state index contributed by atoms with van der Waals surface area (Å²) in [5.74, 6) is 0.192. The zero-order valence-electron chi connectivity index (χ0n) is 7.61. The van der Waals surface area contributed by atoms with Crippen LogP contribution >= 0.6 is 0 Å². The maximum absolute atomic E-state index is 12.8. The van der Waals surface area contributed by atoms with Gasteiger partial charge in [-0.2, -0.15) is 5.10 Å². The van der Waals surface area contributed by atoms with Crippen molar-refractivity contribution < 1.29 is 9.13 Å². The topological polar surface area (TPSA) is 55.0 Å². The molecule has 1 heterocycles. The quantitative estimate of drug-likeness (QED) is 0.813. The molecule has 1 aromatic carbocycles. The van der Waals surface area contributed by atoms with Gasteiger partial charge in [-0.3, -0.25) is 4.79 Å². The first-order chi connectivity index (χ1) is 7.24. The van der Waals surface area contributed by atoms with Crippen LogP contribution in [0.3, 0.4) is 0 Å². The fourth-order valence-electron chi connectivity index (χ4n) is 1.08. The third kappa shape index (κ3) is 2.40. The van der Waals surface area contributed by atoms with E-state index < -0.39 is 5.82 Å². The summed E-state index contributed by atoms with van der Waals surface area (Å²) < 4.78 is 18.0. The molecule has 0 saturated carbocycles. The van der Waals surface area contributed by atoms with Gasteiger partial charge in [0.25, 0.3) is 5.56 Å². The van der Waals surface area contributed by atoms with Crippen LogP contribution in [0.4, 0.5) is 4.39 Å². The summed E-state index contributed by atoms with van der Waals surface area (Å²) in [6.07, 6.45) is 1.34. The number of nitrogens with zero attached hydrogens (tertiary/aromatic N) is 1. The second-order valence-corrected chi connectivity index (χ2v) is 2.84. The number of nitrogens with one attached hydrogen (secondary N) is 1. The first-order valence-electron chi connectivity index (χ1n) is 4.22. The maximum Gasteiger partial charge on any atom is 0.267 e. The molecule has 0 aliphatic rings. The van der Waals surface area contributed by atoms with Crippen LogP contribution in [-0.2, 0) is 0 Å². The Balaban J connectivity index is 2.26.